The molecule has 2 heterocycles. The number of nitrogens with one attached hydrogen (secondary N) is 1. The highest BCUT2D eigenvalue weighted by atomic mass is 35.5. The van der Waals surface area contributed by atoms with Crippen LogP contribution in [0.5, 0.6) is 0 Å². The minimum absolute atomic E-state index is 0. The van der Waals surface area contributed by atoms with Gasteiger partial charge in [-0.15, -0.1) is 12.4 Å². The number of aromatic amines is 1. The Bertz CT molecular complexity index is 948. The highest BCUT2D eigenvalue weighted by Gasteiger charge is 2.17. The fraction of sp³-hybridized carbons (Fsp3) is 0.364. The van der Waals surface area contributed by atoms with Crippen LogP contribution in [0.15, 0.2) is 42.6 Å². The van der Waals surface area contributed by atoms with Crippen LogP contribution < -0.4 is 10.6 Å². The van der Waals surface area contributed by atoms with Gasteiger partial charge in [0.2, 0.25) is 0 Å². The Morgan fingerprint density at radius 2 is 1.72 bits per heavy atom. The second kappa shape index (κ2) is 10.1. The summed E-state index contributed by atoms with van der Waals surface area (Å²) in [5.74, 6) is 0. The molecular formula is C22H27Cl3N4. The second-order valence-corrected chi connectivity index (χ2v) is 8.22. The van der Waals surface area contributed by atoms with Gasteiger partial charge in [0.15, 0.2) is 0 Å². The topological polar surface area (TPSA) is 48.3 Å². The minimum Gasteiger partial charge on any atom is -0.369 e. The summed E-state index contributed by atoms with van der Waals surface area (Å²) < 4.78 is 0. The predicted octanol–water partition coefficient (Wildman–Crippen LogP) is 4.76. The van der Waals surface area contributed by atoms with Gasteiger partial charge in [-0.2, -0.15) is 0 Å². The Morgan fingerprint density at radius 1 is 0.931 bits per heavy atom. The molecule has 1 fully saturated rings. The van der Waals surface area contributed by atoms with E-state index in [2.05, 4.69) is 45.2 Å². The van der Waals surface area contributed by atoms with Gasteiger partial charge in [0, 0.05) is 55.5 Å². The monoisotopic (exact) mass is 452 g/mol. The van der Waals surface area contributed by atoms with Crippen molar-refractivity contribution in [2.45, 2.75) is 12.8 Å². The maximum absolute atomic E-state index is 6.17. The molecule has 29 heavy (non-hydrogen) atoms. The number of nitrogens with two attached hydrogens (primary N) is 1. The summed E-state index contributed by atoms with van der Waals surface area (Å²) in [6.07, 6.45) is 4.07. The Balaban J connectivity index is 0.00000240. The quantitative estimate of drug-likeness (QED) is 0.565. The summed E-state index contributed by atoms with van der Waals surface area (Å²) in [4.78, 5) is 8.26. The molecule has 3 N–H and O–H groups in total. The molecule has 0 spiro atoms. The Labute approximate surface area is 188 Å². The predicted molar refractivity (Wildman–Crippen MR) is 127 cm³/mol. The first-order chi connectivity index (χ1) is 13.6. The van der Waals surface area contributed by atoms with Gasteiger partial charge in [0.05, 0.1) is 10.0 Å². The number of halogens is 3. The average Bonchev–Trinajstić information content (AvgIpc) is 3.11. The van der Waals surface area contributed by atoms with Crippen LogP contribution in [0.2, 0.25) is 10.0 Å². The van der Waals surface area contributed by atoms with Crippen molar-refractivity contribution in [3.63, 3.8) is 0 Å². The van der Waals surface area contributed by atoms with E-state index in [-0.39, 0.29) is 12.4 Å². The van der Waals surface area contributed by atoms with E-state index in [0.29, 0.717) is 16.6 Å². The average molecular weight is 454 g/mol. The van der Waals surface area contributed by atoms with Crippen molar-refractivity contribution in [3.05, 3.63) is 63.8 Å². The van der Waals surface area contributed by atoms with Crippen molar-refractivity contribution < 1.29 is 0 Å². The van der Waals surface area contributed by atoms with Crippen LogP contribution >= 0.6 is 35.6 Å². The van der Waals surface area contributed by atoms with E-state index in [4.69, 9.17) is 28.9 Å². The number of aromatic nitrogens is 1. The fourth-order valence-corrected chi connectivity index (χ4v) is 4.23. The van der Waals surface area contributed by atoms with Crippen LogP contribution in [0, 0.1) is 0 Å². The molecule has 1 saturated heterocycles. The van der Waals surface area contributed by atoms with Gasteiger partial charge in [0.25, 0.3) is 0 Å². The van der Waals surface area contributed by atoms with Gasteiger partial charge in [-0.3, -0.25) is 4.90 Å². The zero-order valence-electron chi connectivity index (χ0n) is 16.3. The molecule has 7 heteroatoms. The van der Waals surface area contributed by atoms with Crippen LogP contribution in [0.25, 0.3) is 10.9 Å². The molecule has 4 rings (SSSR count). The van der Waals surface area contributed by atoms with Crippen molar-refractivity contribution in [3.8, 4) is 0 Å². The molecule has 4 nitrogen and oxygen atoms in total. The molecule has 156 valence electrons. The van der Waals surface area contributed by atoms with Crippen LogP contribution in [0.1, 0.15) is 11.1 Å². The van der Waals surface area contributed by atoms with E-state index in [0.717, 1.165) is 51.3 Å². The highest BCUT2D eigenvalue weighted by Crippen LogP contribution is 2.28. The molecule has 1 aliphatic heterocycles. The summed E-state index contributed by atoms with van der Waals surface area (Å²) in [5, 5.41) is 2.54. The summed E-state index contributed by atoms with van der Waals surface area (Å²) in [6, 6.07) is 12.6. The van der Waals surface area contributed by atoms with E-state index in [1.807, 2.05) is 12.1 Å². The van der Waals surface area contributed by atoms with Crippen LogP contribution in [-0.4, -0.2) is 49.2 Å². The smallest absolute Gasteiger partial charge is 0.0612 e. The zero-order chi connectivity index (χ0) is 19.5. The molecule has 0 radical (unpaired) electrons. The SMILES string of the molecule is Cl.NCCc1c[nH]c2ccc(CCN3CCN(c4ccc(Cl)c(Cl)c4)CC3)cc12. The third kappa shape index (κ3) is 5.19. The fourth-order valence-electron chi connectivity index (χ4n) is 3.94. The van der Waals surface area contributed by atoms with E-state index >= 15 is 0 Å². The van der Waals surface area contributed by atoms with Gasteiger partial charge < -0.3 is 15.6 Å². The Morgan fingerprint density at radius 3 is 2.45 bits per heavy atom. The van der Waals surface area contributed by atoms with Gasteiger partial charge in [-0.05, 0) is 60.8 Å². The van der Waals surface area contributed by atoms with Gasteiger partial charge >= 0.3 is 0 Å². The number of piperazine rings is 1. The second-order valence-electron chi connectivity index (χ2n) is 7.41. The van der Waals surface area contributed by atoms with Crippen LogP contribution in [0.3, 0.4) is 0 Å². The van der Waals surface area contributed by atoms with Gasteiger partial charge in [-0.25, -0.2) is 0 Å². The first kappa shape index (κ1) is 22.3. The largest absolute Gasteiger partial charge is 0.369 e. The summed E-state index contributed by atoms with van der Waals surface area (Å²) in [7, 11) is 0. The number of rotatable bonds is 6. The molecule has 3 aromatic rings. The van der Waals surface area contributed by atoms with Gasteiger partial charge in [-0.1, -0.05) is 29.3 Å². The third-order valence-corrected chi connectivity index (χ3v) is 6.34. The number of benzene rings is 2. The van der Waals surface area contributed by atoms with Crippen molar-refractivity contribution in [2.75, 3.05) is 44.2 Å². The molecule has 0 amide bonds. The minimum atomic E-state index is 0. The standard InChI is InChI=1S/C22H26Cl2N4.ClH/c23-20-3-2-18(14-21(20)24)28-11-9-27(10-12-28)8-6-16-1-4-22-19(13-16)17(5-7-25)15-26-22;/h1-4,13-15,26H,5-12,25H2;1H. The third-order valence-electron chi connectivity index (χ3n) is 5.60. The number of hydrogen-bond acceptors (Lipinski definition) is 3. The molecule has 0 unspecified atom stereocenters. The van der Waals surface area contributed by atoms with Crippen molar-refractivity contribution >= 4 is 52.2 Å². The molecule has 0 bridgehead atoms. The molecule has 0 atom stereocenters. The van der Waals surface area contributed by atoms with Crippen molar-refractivity contribution in [2.24, 2.45) is 5.73 Å². The van der Waals surface area contributed by atoms with Crippen molar-refractivity contribution in [1.82, 2.24) is 9.88 Å². The Kier molecular flexibility index (Phi) is 7.72. The first-order valence-corrected chi connectivity index (χ1v) is 10.6. The lowest BCUT2D eigenvalue weighted by atomic mass is 10.1. The Hall–Kier alpha value is -1.43. The molecule has 1 aliphatic rings. The maximum Gasteiger partial charge on any atom is 0.0612 e. The van der Waals surface area contributed by atoms with Gasteiger partial charge in [0.1, 0.15) is 0 Å². The normalized spacial score (nSPS) is 14.9. The number of fused-ring (bicyclic) bond motifs is 1. The van der Waals surface area contributed by atoms with E-state index < -0.39 is 0 Å². The number of H-pyrrole nitrogens is 1. The number of anilines is 1. The lowest BCUT2D eigenvalue weighted by Crippen LogP contribution is -2.47. The van der Waals surface area contributed by atoms with Crippen molar-refractivity contribution in [1.29, 1.82) is 0 Å². The summed E-state index contributed by atoms with van der Waals surface area (Å²) >= 11 is 12.2. The lowest BCUT2D eigenvalue weighted by molar-refractivity contribution is 0.261. The molecule has 2 aromatic carbocycles. The summed E-state index contributed by atoms with van der Waals surface area (Å²) in [6.45, 7) is 5.90. The van der Waals surface area contributed by atoms with E-state index in [1.54, 1.807) is 0 Å². The van der Waals surface area contributed by atoms with Crippen LogP contribution in [-0.2, 0) is 12.8 Å². The highest BCUT2D eigenvalue weighted by molar-refractivity contribution is 6.42. The lowest BCUT2D eigenvalue weighted by Gasteiger charge is -2.36. The zero-order valence-corrected chi connectivity index (χ0v) is 18.7. The first-order valence-electron chi connectivity index (χ1n) is 9.85. The molecule has 0 aliphatic carbocycles. The van der Waals surface area contributed by atoms with Crippen LogP contribution in [0.4, 0.5) is 5.69 Å². The number of nitrogens with zero attached hydrogens (tertiary/aromatic N) is 2. The summed E-state index contributed by atoms with van der Waals surface area (Å²) in [5.41, 5.74) is 10.8. The molecule has 1 aromatic heterocycles. The molecule has 0 saturated carbocycles. The van der Waals surface area contributed by atoms with E-state index in [9.17, 15) is 0 Å². The maximum atomic E-state index is 6.17. The van der Waals surface area contributed by atoms with E-state index in [1.165, 1.54) is 22.0 Å². The number of hydrogen-bond donors (Lipinski definition) is 2. The molecular weight excluding hydrogens is 427 g/mol.